The van der Waals surface area contributed by atoms with Gasteiger partial charge in [0, 0.05) is 6.20 Å². The van der Waals surface area contributed by atoms with Crippen molar-refractivity contribution < 1.29 is 4.74 Å². The van der Waals surface area contributed by atoms with Gasteiger partial charge < -0.3 is 4.74 Å². The second-order valence-corrected chi connectivity index (χ2v) is 6.61. The molecule has 1 heterocycles. The van der Waals surface area contributed by atoms with Gasteiger partial charge in [-0.05, 0) is 59.4 Å². The molecule has 0 saturated heterocycles. The number of pyridine rings is 1. The van der Waals surface area contributed by atoms with E-state index in [9.17, 15) is 0 Å². The van der Waals surface area contributed by atoms with Crippen LogP contribution in [0, 0.1) is 0 Å². The topological polar surface area (TPSA) is 22.1 Å². The quantitative estimate of drug-likeness (QED) is 0.841. The Morgan fingerprint density at radius 1 is 1.10 bits per heavy atom. The first-order valence-corrected chi connectivity index (χ1v) is 7.69. The van der Waals surface area contributed by atoms with Crippen LogP contribution in [-0.2, 0) is 24.7 Å². The van der Waals surface area contributed by atoms with E-state index in [0.717, 1.165) is 18.6 Å². The highest BCUT2D eigenvalue weighted by atomic mass is 16.5. The highest BCUT2D eigenvalue weighted by molar-refractivity contribution is 5.41. The largest absolute Gasteiger partial charge is 0.495 e. The maximum Gasteiger partial charge on any atom is 0.137 e. The molecule has 21 heavy (non-hydrogen) atoms. The average molecular weight is 281 g/mol. The van der Waals surface area contributed by atoms with Gasteiger partial charge >= 0.3 is 0 Å². The normalized spacial score (nSPS) is 15.8. The van der Waals surface area contributed by atoms with Crippen molar-refractivity contribution >= 4 is 0 Å². The fraction of sp³-hybridized carbons (Fsp3) is 0.421. The molecule has 0 aliphatic heterocycles. The molecule has 2 heteroatoms. The van der Waals surface area contributed by atoms with Crippen LogP contribution in [0.5, 0.6) is 5.75 Å². The molecule has 0 unspecified atom stereocenters. The van der Waals surface area contributed by atoms with Crippen LogP contribution in [0.3, 0.4) is 0 Å². The summed E-state index contributed by atoms with van der Waals surface area (Å²) >= 11 is 0. The summed E-state index contributed by atoms with van der Waals surface area (Å²) in [6.07, 6.45) is 8.23. The van der Waals surface area contributed by atoms with Crippen LogP contribution in [0.15, 0.2) is 36.7 Å². The molecule has 1 aromatic carbocycles. The summed E-state index contributed by atoms with van der Waals surface area (Å²) in [5.41, 5.74) is 6.07. The minimum atomic E-state index is 0.336. The number of fused-ring (bicyclic) bond motifs is 1. The van der Waals surface area contributed by atoms with E-state index in [0.29, 0.717) is 5.41 Å². The van der Waals surface area contributed by atoms with Gasteiger partial charge in [0.15, 0.2) is 0 Å². The summed E-state index contributed by atoms with van der Waals surface area (Å²) in [6, 6.07) is 9.09. The lowest BCUT2D eigenvalue weighted by Crippen LogP contribution is -2.12. The molecule has 110 valence electrons. The summed E-state index contributed by atoms with van der Waals surface area (Å²) in [6.45, 7) is 4.71. The van der Waals surface area contributed by atoms with Gasteiger partial charge in [0.05, 0.1) is 13.3 Å². The van der Waals surface area contributed by atoms with Crippen molar-refractivity contribution in [1.29, 1.82) is 0 Å². The summed E-state index contributed by atoms with van der Waals surface area (Å²) in [5.74, 6) is 0.836. The van der Waals surface area contributed by atoms with Gasteiger partial charge in [-0.1, -0.05) is 32.0 Å². The molecule has 0 radical (unpaired) electrons. The first-order chi connectivity index (χ1) is 10.1. The molecule has 2 nitrogen and oxygen atoms in total. The van der Waals surface area contributed by atoms with Crippen LogP contribution in [-0.4, -0.2) is 12.1 Å². The van der Waals surface area contributed by atoms with Gasteiger partial charge in [0.2, 0.25) is 0 Å². The van der Waals surface area contributed by atoms with Gasteiger partial charge in [-0.3, -0.25) is 4.98 Å². The molecule has 2 aromatic rings. The molecule has 0 N–H and O–H groups in total. The highest BCUT2D eigenvalue weighted by Crippen LogP contribution is 2.38. The Hall–Kier alpha value is -1.83. The first kappa shape index (κ1) is 14.1. The second kappa shape index (κ2) is 5.51. The molecule has 1 aliphatic carbocycles. The molecule has 0 bridgehead atoms. The third kappa shape index (κ3) is 2.94. The predicted octanol–water partition coefficient (Wildman–Crippen LogP) is 4.10. The number of rotatable bonds is 4. The average Bonchev–Trinajstić information content (AvgIpc) is 2.81. The number of ether oxygens (including phenoxy) is 1. The number of methoxy groups -OCH3 is 1. The molecular formula is C19H23NO. The fourth-order valence-electron chi connectivity index (χ4n) is 3.21. The van der Waals surface area contributed by atoms with Crippen molar-refractivity contribution in [3.8, 4) is 5.75 Å². The van der Waals surface area contributed by atoms with Gasteiger partial charge in [0.25, 0.3) is 0 Å². The molecular weight excluding hydrogens is 258 g/mol. The Bertz CT molecular complexity index is 646. The lowest BCUT2D eigenvalue weighted by Gasteiger charge is -2.19. The van der Waals surface area contributed by atoms with E-state index in [1.165, 1.54) is 29.5 Å². The Balaban J connectivity index is 1.74. The van der Waals surface area contributed by atoms with Crippen LogP contribution in [0.2, 0.25) is 0 Å². The third-order valence-corrected chi connectivity index (χ3v) is 4.63. The van der Waals surface area contributed by atoms with Crippen LogP contribution in [0.25, 0.3) is 0 Å². The Morgan fingerprint density at radius 2 is 1.90 bits per heavy atom. The van der Waals surface area contributed by atoms with Crippen molar-refractivity contribution in [3.63, 3.8) is 0 Å². The van der Waals surface area contributed by atoms with Gasteiger partial charge in [-0.2, -0.15) is 0 Å². The Labute approximate surface area is 127 Å². The van der Waals surface area contributed by atoms with Gasteiger partial charge in [-0.15, -0.1) is 0 Å². The molecule has 0 amide bonds. The lowest BCUT2D eigenvalue weighted by molar-refractivity contribution is 0.412. The molecule has 0 atom stereocenters. The van der Waals surface area contributed by atoms with E-state index in [1.807, 2.05) is 6.20 Å². The molecule has 1 aromatic heterocycles. The van der Waals surface area contributed by atoms with E-state index in [2.05, 4.69) is 43.1 Å². The molecule has 3 rings (SSSR count). The van der Waals surface area contributed by atoms with E-state index >= 15 is 0 Å². The predicted molar refractivity (Wildman–Crippen MR) is 86.0 cm³/mol. The zero-order valence-corrected chi connectivity index (χ0v) is 13.1. The van der Waals surface area contributed by atoms with E-state index < -0.39 is 0 Å². The van der Waals surface area contributed by atoms with E-state index in [4.69, 9.17) is 4.74 Å². The van der Waals surface area contributed by atoms with Crippen molar-refractivity contribution in [2.24, 2.45) is 0 Å². The zero-order valence-electron chi connectivity index (χ0n) is 13.1. The van der Waals surface area contributed by atoms with Crippen LogP contribution < -0.4 is 4.74 Å². The SMILES string of the molecule is COc1cncc(CCc2ccc3c(c2)C(C)(C)CC3)c1. The number of nitrogens with zero attached hydrogens (tertiary/aromatic N) is 1. The molecule has 0 spiro atoms. The minimum absolute atomic E-state index is 0.336. The lowest BCUT2D eigenvalue weighted by atomic mass is 9.85. The summed E-state index contributed by atoms with van der Waals surface area (Å²) in [4.78, 5) is 4.22. The summed E-state index contributed by atoms with van der Waals surface area (Å²) in [5, 5.41) is 0. The van der Waals surface area contributed by atoms with Crippen LogP contribution in [0.1, 0.15) is 42.5 Å². The third-order valence-electron chi connectivity index (χ3n) is 4.63. The number of benzene rings is 1. The van der Waals surface area contributed by atoms with E-state index in [-0.39, 0.29) is 0 Å². The Morgan fingerprint density at radius 3 is 2.71 bits per heavy atom. The number of hydrogen-bond donors (Lipinski definition) is 0. The standard InChI is InChI=1S/C19H23NO/c1-19(2)9-8-16-7-6-14(11-18(16)19)4-5-15-10-17(21-3)13-20-12-15/h6-7,10-13H,4-5,8-9H2,1-3H3. The van der Waals surface area contributed by atoms with Gasteiger partial charge in [0.1, 0.15) is 5.75 Å². The van der Waals surface area contributed by atoms with Gasteiger partial charge in [-0.25, -0.2) is 0 Å². The van der Waals surface area contributed by atoms with Crippen molar-refractivity contribution in [2.45, 2.75) is 44.9 Å². The zero-order chi connectivity index (χ0) is 14.9. The maximum atomic E-state index is 5.23. The van der Waals surface area contributed by atoms with Crippen LogP contribution in [0.4, 0.5) is 0 Å². The Kier molecular flexibility index (Phi) is 3.71. The maximum absolute atomic E-state index is 5.23. The highest BCUT2D eigenvalue weighted by Gasteiger charge is 2.29. The summed E-state index contributed by atoms with van der Waals surface area (Å²) < 4.78 is 5.23. The second-order valence-electron chi connectivity index (χ2n) is 6.61. The molecule has 0 fully saturated rings. The smallest absolute Gasteiger partial charge is 0.137 e. The van der Waals surface area contributed by atoms with Crippen molar-refractivity contribution in [2.75, 3.05) is 7.11 Å². The van der Waals surface area contributed by atoms with Crippen LogP contribution >= 0.6 is 0 Å². The number of hydrogen-bond acceptors (Lipinski definition) is 2. The van der Waals surface area contributed by atoms with Crippen molar-refractivity contribution in [3.05, 3.63) is 58.9 Å². The number of aryl methyl sites for hydroxylation is 3. The number of aromatic nitrogens is 1. The van der Waals surface area contributed by atoms with Crippen molar-refractivity contribution in [1.82, 2.24) is 4.98 Å². The monoisotopic (exact) mass is 281 g/mol. The van der Waals surface area contributed by atoms with E-state index in [1.54, 1.807) is 18.9 Å². The first-order valence-electron chi connectivity index (χ1n) is 7.69. The molecule has 1 aliphatic rings. The summed E-state index contributed by atoms with van der Waals surface area (Å²) in [7, 11) is 1.68. The fourth-order valence-corrected chi connectivity index (χ4v) is 3.21. The minimum Gasteiger partial charge on any atom is -0.495 e. The molecule has 0 saturated carbocycles.